The van der Waals surface area contributed by atoms with Crippen LogP contribution in [0.4, 0.5) is 0 Å². The normalized spacial score (nSPS) is 44.1. The monoisotopic (exact) mass is 286 g/mol. The van der Waals surface area contributed by atoms with Crippen molar-refractivity contribution >= 4 is 9.84 Å². The van der Waals surface area contributed by atoms with Crippen LogP contribution in [0, 0.1) is 5.92 Å². The van der Waals surface area contributed by atoms with Gasteiger partial charge in [0.1, 0.15) is 0 Å². The molecular weight excluding hydrogens is 260 g/mol. The maximum absolute atomic E-state index is 11.8. The van der Waals surface area contributed by atoms with Gasteiger partial charge in [-0.3, -0.25) is 4.90 Å². The molecular formula is C14H26N2O2S. The highest BCUT2D eigenvalue weighted by Gasteiger charge is 2.48. The third-order valence-corrected chi connectivity index (χ3v) is 7.27. The number of nitrogens with zero attached hydrogens (tertiary/aromatic N) is 1. The quantitative estimate of drug-likeness (QED) is 0.824. The summed E-state index contributed by atoms with van der Waals surface area (Å²) in [6, 6.07) is 0. The van der Waals surface area contributed by atoms with Crippen molar-refractivity contribution in [3.05, 3.63) is 0 Å². The van der Waals surface area contributed by atoms with E-state index in [0.29, 0.717) is 11.5 Å². The molecule has 0 aromatic heterocycles. The summed E-state index contributed by atoms with van der Waals surface area (Å²) in [4.78, 5) is 2.47. The molecule has 0 aromatic carbocycles. The van der Waals surface area contributed by atoms with Gasteiger partial charge in [-0.05, 0) is 58.5 Å². The number of hydrogen-bond donors (Lipinski definition) is 1. The highest BCUT2D eigenvalue weighted by molar-refractivity contribution is 7.91. The van der Waals surface area contributed by atoms with Crippen LogP contribution in [-0.4, -0.2) is 55.5 Å². The Hall–Kier alpha value is -0.130. The molecule has 2 aliphatic heterocycles. The number of rotatable bonds is 2. The van der Waals surface area contributed by atoms with Gasteiger partial charge in [-0.15, -0.1) is 0 Å². The molecule has 3 fully saturated rings. The highest BCUT2D eigenvalue weighted by Crippen LogP contribution is 2.42. The van der Waals surface area contributed by atoms with Crippen molar-refractivity contribution in [2.75, 3.05) is 31.1 Å². The molecule has 5 heteroatoms. The topological polar surface area (TPSA) is 49.4 Å². The lowest BCUT2D eigenvalue weighted by Gasteiger charge is -2.42. The minimum atomic E-state index is -2.82. The van der Waals surface area contributed by atoms with E-state index in [1.165, 1.54) is 12.8 Å². The maximum atomic E-state index is 11.8. The van der Waals surface area contributed by atoms with E-state index < -0.39 is 9.84 Å². The van der Waals surface area contributed by atoms with Crippen LogP contribution in [0.3, 0.4) is 0 Å². The summed E-state index contributed by atoms with van der Waals surface area (Å²) in [7, 11) is -2.82. The third-order valence-electron chi connectivity index (χ3n) is 5.38. The molecule has 0 radical (unpaired) electrons. The van der Waals surface area contributed by atoms with Crippen molar-refractivity contribution in [1.82, 2.24) is 10.2 Å². The molecule has 2 heterocycles. The standard InChI is InChI=1S/C14H26N2O2S/c1-13(6-9-19(17,18)11-13)16-8-3-7-15-14(2,10-16)12-4-5-12/h12,15H,3-11H2,1-2H3. The zero-order chi connectivity index (χ0) is 13.7. The lowest BCUT2D eigenvalue weighted by atomic mass is 9.91. The van der Waals surface area contributed by atoms with Gasteiger partial charge < -0.3 is 5.32 Å². The van der Waals surface area contributed by atoms with E-state index in [1.54, 1.807) is 0 Å². The molecule has 3 aliphatic rings. The van der Waals surface area contributed by atoms with Crippen LogP contribution >= 0.6 is 0 Å². The fraction of sp³-hybridized carbons (Fsp3) is 1.00. The summed E-state index contributed by atoms with van der Waals surface area (Å²) in [5.74, 6) is 1.50. The highest BCUT2D eigenvalue weighted by atomic mass is 32.2. The maximum Gasteiger partial charge on any atom is 0.152 e. The summed E-state index contributed by atoms with van der Waals surface area (Å²) in [5, 5.41) is 3.72. The zero-order valence-corrected chi connectivity index (χ0v) is 12.9. The van der Waals surface area contributed by atoms with E-state index in [-0.39, 0.29) is 11.1 Å². The molecule has 0 spiro atoms. The molecule has 1 saturated carbocycles. The predicted octanol–water partition coefficient (Wildman–Crippen LogP) is 1.03. The minimum absolute atomic E-state index is 0.138. The van der Waals surface area contributed by atoms with Crippen molar-refractivity contribution in [2.24, 2.45) is 5.92 Å². The van der Waals surface area contributed by atoms with E-state index in [4.69, 9.17) is 0 Å². The van der Waals surface area contributed by atoms with Crippen molar-refractivity contribution < 1.29 is 8.42 Å². The SMILES string of the molecule is CC1(C2CC2)CN(C2(C)CCS(=O)(=O)C2)CCCN1. The first-order chi connectivity index (χ1) is 8.83. The van der Waals surface area contributed by atoms with Gasteiger partial charge in [0, 0.05) is 17.6 Å². The second kappa shape index (κ2) is 4.43. The molecule has 1 N–H and O–H groups in total. The lowest BCUT2D eigenvalue weighted by molar-refractivity contribution is 0.0957. The Morgan fingerprint density at radius 1 is 1.26 bits per heavy atom. The Morgan fingerprint density at radius 3 is 2.58 bits per heavy atom. The van der Waals surface area contributed by atoms with Gasteiger partial charge in [0.25, 0.3) is 0 Å². The summed E-state index contributed by atoms with van der Waals surface area (Å²) in [6.45, 7) is 7.57. The molecule has 0 amide bonds. The molecule has 2 unspecified atom stereocenters. The van der Waals surface area contributed by atoms with Crippen LogP contribution in [0.2, 0.25) is 0 Å². The molecule has 2 saturated heterocycles. The second-order valence-electron chi connectivity index (χ2n) is 7.23. The van der Waals surface area contributed by atoms with Crippen LogP contribution < -0.4 is 5.32 Å². The molecule has 4 nitrogen and oxygen atoms in total. The van der Waals surface area contributed by atoms with Crippen LogP contribution in [0.15, 0.2) is 0 Å². The van der Waals surface area contributed by atoms with Gasteiger partial charge in [0.15, 0.2) is 9.84 Å². The zero-order valence-electron chi connectivity index (χ0n) is 12.1. The van der Waals surface area contributed by atoms with Gasteiger partial charge in [0.05, 0.1) is 11.5 Å². The Balaban J connectivity index is 1.79. The first-order valence-electron chi connectivity index (χ1n) is 7.54. The lowest BCUT2D eigenvalue weighted by Crippen LogP contribution is -2.57. The summed E-state index contributed by atoms with van der Waals surface area (Å²) >= 11 is 0. The number of nitrogens with one attached hydrogen (secondary N) is 1. The van der Waals surface area contributed by atoms with E-state index in [0.717, 1.165) is 38.4 Å². The summed E-state index contributed by atoms with van der Waals surface area (Å²) < 4.78 is 23.7. The summed E-state index contributed by atoms with van der Waals surface area (Å²) in [5.41, 5.74) is 0.0485. The van der Waals surface area contributed by atoms with E-state index >= 15 is 0 Å². The first kappa shape index (κ1) is 13.8. The molecule has 1 aliphatic carbocycles. The third kappa shape index (κ3) is 2.69. The van der Waals surface area contributed by atoms with Gasteiger partial charge in [-0.25, -0.2) is 8.42 Å². The second-order valence-corrected chi connectivity index (χ2v) is 9.42. The van der Waals surface area contributed by atoms with E-state index in [2.05, 4.69) is 24.1 Å². The summed E-state index contributed by atoms with van der Waals surface area (Å²) in [6.07, 6.45) is 4.58. The average Bonchev–Trinajstić information content (AvgIpc) is 3.10. The van der Waals surface area contributed by atoms with Gasteiger partial charge >= 0.3 is 0 Å². The van der Waals surface area contributed by atoms with Crippen molar-refractivity contribution in [1.29, 1.82) is 0 Å². The van der Waals surface area contributed by atoms with Crippen LogP contribution in [0.5, 0.6) is 0 Å². The van der Waals surface area contributed by atoms with Crippen molar-refractivity contribution in [3.63, 3.8) is 0 Å². The van der Waals surface area contributed by atoms with Crippen LogP contribution in [0.25, 0.3) is 0 Å². The largest absolute Gasteiger partial charge is 0.310 e. The van der Waals surface area contributed by atoms with Crippen molar-refractivity contribution in [2.45, 2.75) is 50.6 Å². The number of sulfone groups is 1. The molecule has 0 aromatic rings. The predicted molar refractivity (Wildman–Crippen MR) is 77.0 cm³/mol. The Morgan fingerprint density at radius 2 is 2.00 bits per heavy atom. The van der Waals surface area contributed by atoms with E-state index in [1.807, 2.05) is 0 Å². The van der Waals surface area contributed by atoms with E-state index in [9.17, 15) is 8.42 Å². The first-order valence-corrected chi connectivity index (χ1v) is 9.36. The van der Waals surface area contributed by atoms with Crippen LogP contribution in [-0.2, 0) is 9.84 Å². The van der Waals surface area contributed by atoms with Gasteiger partial charge in [-0.1, -0.05) is 0 Å². The fourth-order valence-corrected chi connectivity index (χ4v) is 6.04. The Labute approximate surface area is 116 Å². The smallest absolute Gasteiger partial charge is 0.152 e. The van der Waals surface area contributed by atoms with Crippen LogP contribution in [0.1, 0.15) is 39.5 Å². The minimum Gasteiger partial charge on any atom is -0.310 e. The number of hydrogen-bond acceptors (Lipinski definition) is 4. The Bertz CT molecular complexity index is 460. The molecule has 110 valence electrons. The fourth-order valence-electron chi connectivity index (χ4n) is 3.87. The molecule has 19 heavy (non-hydrogen) atoms. The van der Waals surface area contributed by atoms with Gasteiger partial charge in [-0.2, -0.15) is 0 Å². The molecule has 2 atom stereocenters. The van der Waals surface area contributed by atoms with Gasteiger partial charge in [0.2, 0.25) is 0 Å². The Kier molecular flexibility index (Phi) is 3.23. The van der Waals surface area contributed by atoms with Crippen molar-refractivity contribution in [3.8, 4) is 0 Å². The average molecular weight is 286 g/mol. The molecule has 3 rings (SSSR count). The molecule has 0 bridgehead atoms.